The number of hydrogen-bond donors (Lipinski definition) is 0. The molecule has 38 heavy (non-hydrogen) atoms. The van der Waals surface area contributed by atoms with Gasteiger partial charge in [-0.15, -0.1) is 5.10 Å². The predicted molar refractivity (Wildman–Crippen MR) is 142 cm³/mol. The van der Waals surface area contributed by atoms with Crippen molar-refractivity contribution in [3.05, 3.63) is 65.7 Å². The molecule has 1 aliphatic carbocycles. The minimum Gasteiger partial charge on any atom is -0.293 e. The van der Waals surface area contributed by atoms with Crippen LogP contribution in [0.1, 0.15) is 42.9 Å². The van der Waals surface area contributed by atoms with Crippen LogP contribution in [0.25, 0.3) is 16.6 Å². The smallest absolute Gasteiger partial charge is 0.264 e. The lowest BCUT2D eigenvalue weighted by molar-refractivity contribution is 0.0998. The van der Waals surface area contributed by atoms with Gasteiger partial charge < -0.3 is 0 Å². The van der Waals surface area contributed by atoms with E-state index in [4.69, 9.17) is 0 Å². The van der Waals surface area contributed by atoms with Crippen LogP contribution in [0.3, 0.4) is 0 Å². The minimum absolute atomic E-state index is 0.0178. The van der Waals surface area contributed by atoms with Crippen molar-refractivity contribution in [1.29, 1.82) is 0 Å². The Morgan fingerprint density at radius 3 is 2.50 bits per heavy atom. The van der Waals surface area contributed by atoms with Crippen LogP contribution in [0.5, 0.6) is 0 Å². The van der Waals surface area contributed by atoms with Gasteiger partial charge in [-0.1, -0.05) is 12.8 Å². The molecule has 2 fully saturated rings. The van der Waals surface area contributed by atoms with E-state index in [1.807, 2.05) is 10.9 Å². The van der Waals surface area contributed by atoms with Gasteiger partial charge in [0.25, 0.3) is 10.0 Å². The van der Waals surface area contributed by atoms with E-state index in [1.165, 1.54) is 48.8 Å². The second-order valence-corrected chi connectivity index (χ2v) is 12.4. The van der Waals surface area contributed by atoms with Crippen molar-refractivity contribution in [2.75, 3.05) is 26.2 Å². The third kappa shape index (κ3) is 4.63. The molecule has 2 aliphatic rings. The molecule has 9 nitrogen and oxygen atoms in total. The molecule has 200 valence electrons. The van der Waals surface area contributed by atoms with Gasteiger partial charge in [0, 0.05) is 44.7 Å². The summed E-state index contributed by atoms with van der Waals surface area (Å²) in [5.41, 5.74) is 3.89. The topological polar surface area (TPSA) is 89.2 Å². The Hall–Kier alpha value is -3.15. The van der Waals surface area contributed by atoms with Crippen LogP contribution in [0, 0.1) is 18.7 Å². The number of piperazine rings is 1. The summed E-state index contributed by atoms with van der Waals surface area (Å²) in [4.78, 5) is 3.74. The van der Waals surface area contributed by atoms with Gasteiger partial charge in [0.05, 0.1) is 23.6 Å². The van der Waals surface area contributed by atoms with Gasteiger partial charge in [0.15, 0.2) is 0 Å². The summed E-state index contributed by atoms with van der Waals surface area (Å²) in [7, 11) is -2.14. The Bertz CT molecular complexity index is 1560. The molecule has 4 aromatic rings. The SMILES string of the molecule is Cc1cc2c(cnn2-c2ccc(F)cc2)cc1[C@H]1CN(S(=O)(=O)c2cnn(C)n2)CCN1CC1CCCC1. The number of aryl methyl sites for hydroxylation is 2. The maximum atomic E-state index is 13.5. The molecule has 2 aromatic carbocycles. The van der Waals surface area contributed by atoms with E-state index in [-0.39, 0.29) is 16.9 Å². The molecule has 0 N–H and O–H groups in total. The standard InChI is InChI=1S/C27H32FN7O2S/c1-19-13-25-21(15-30-35(25)23-9-7-22(28)8-10-23)14-24(19)26-18-34(38(36,37)27-16-29-32(2)31-27)12-11-33(26)17-20-5-3-4-6-20/h7-10,13-16,20,26H,3-6,11-12,17-18H2,1-2H3/t26-/m1/s1. The normalized spacial score (nSPS) is 20.0. The molecule has 0 bridgehead atoms. The van der Waals surface area contributed by atoms with Gasteiger partial charge in [0.2, 0.25) is 5.03 Å². The van der Waals surface area contributed by atoms with E-state index >= 15 is 0 Å². The third-order valence-electron chi connectivity index (χ3n) is 7.99. The lowest BCUT2D eigenvalue weighted by atomic mass is 9.95. The first-order valence-electron chi connectivity index (χ1n) is 13.1. The van der Waals surface area contributed by atoms with Crippen molar-refractivity contribution in [2.24, 2.45) is 13.0 Å². The highest BCUT2D eigenvalue weighted by molar-refractivity contribution is 7.89. The minimum atomic E-state index is -3.76. The van der Waals surface area contributed by atoms with Crippen LogP contribution in [-0.2, 0) is 17.1 Å². The van der Waals surface area contributed by atoms with Crippen molar-refractivity contribution < 1.29 is 12.8 Å². The fourth-order valence-electron chi connectivity index (χ4n) is 5.97. The van der Waals surface area contributed by atoms with Gasteiger partial charge in [0.1, 0.15) is 5.82 Å². The Balaban J connectivity index is 1.37. The fourth-order valence-corrected chi connectivity index (χ4v) is 7.30. The molecule has 0 spiro atoms. The van der Waals surface area contributed by atoms with E-state index in [9.17, 15) is 12.8 Å². The number of halogens is 1. The molecule has 1 atom stereocenters. The summed E-state index contributed by atoms with van der Waals surface area (Å²) in [6, 6.07) is 10.4. The number of fused-ring (bicyclic) bond motifs is 1. The number of benzene rings is 2. The molecular weight excluding hydrogens is 505 g/mol. The first-order valence-corrected chi connectivity index (χ1v) is 14.6. The van der Waals surface area contributed by atoms with Crippen molar-refractivity contribution >= 4 is 20.9 Å². The van der Waals surface area contributed by atoms with Crippen molar-refractivity contribution in [1.82, 2.24) is 34.0 Å². The molecule has 1 saturated heterocycles. The average Bonchev–Trinajstić information content (AvgIpc) is 3.66. The molecule has 3 heterocycles. The van der Waals surface area contributed by atoms with E-state index < -0.39 is 10.0 Å². The highest BCUT2D eigenvalue weighted by Crippen LogP contribution is 2.36. The van der Waals surface area contributed by atoms with Crippen LogP contribution in [0.15, 0.2) is 53.8 Å². The van der Waals surface area contributed by atoms with E-state index in [1.54, 1.807) is 23.5 Å². The monoisotopic (exact) mass is 537 g/mol. The highest BCUT2D eigenvalue weighted by Gasteiger charge is 2.38. The number of rotatable bonds is 6. The predicted octanol–water partition coefficient (Wildman–Crippen LogP) is 3.84. The number of nitrogens with zero attached hydrogens (tertiary/aromatic N) is 7. The molecule has 6 rings (SSSR count). The molecule has 0 radical (unpaired) electrons. The van der Waals surface area contributed by atoms with Gasteiger partial charge in [-0.2, -0.15) is 19.3 Å². The third-order valence-corrected chi connectivity index (χ3v) is 9.72. The Morgan fingerprint density at radius 2 is 1.79 bits per heavy atom. The van der Waals surface area contributed by atoms with Crippen molar-refractivity contribution in [3.8, 4) is 5.69 Å². The largest absolute Gasteiger partial charge is 0.293 e. The summed E-state index contributed by atoms with van der Waals surface area (Å²) in [5, 5.41) is 13.6. The number of sulfonamides is 1. The van der Waals surface area contributed by atoms with Gasteiger partial charge in [-0.3, -0.25) is 4.90 Å². The lowest BCUT2D eigenvalue weighted by Gasteiger charge is -2.42. The fraction of sp³-hybridized carbons (Fsp3) is 0.444. The zero-order valence-electron chi connectivity index (χ0n) is 21.7. The van der Waals surface area contributed by atoms with E-state index in [0.717, 1.165) is 34.3 Å². The zero-order chi connectivity index (χ0) is 26.4. The number of aromatic nitrogens is 5. The van der Waals surface area contributed by atoms with Gasteiger partial charge in [-0.05, 0) is 73.2 Å². The van der Waals surface area contributed by atoms with Crippen LogP contribution < -0.4 is 0 Å². The summed E-state index contributed by atoms with van der Waals surface area (Å²) < 4.78 is 43.8. The molecule has 2 aromatic heterocycles. The maximum Gasteiger partial charge on any atom is 0.264 e. The van der Waals surface area contributed by atoms with Crippen LogP contribution >= 0.6 is 0 Å². The zero-order valence-corrected chi connectivity index (χ0v) is 22.5. The van der Waals surface area contributed by atoms with E-state index in [0.29, 0.717) is 25.6 Å². The van der Waals surface area contributed by atoms with Gasteiger partial charge in [-0.25, -0.2) is 17.5 Å². The van der Waals surface area contributed by atoms with Gasteiger partial charge >= 0.3 is 0 Å². The summed E-state index contributed by atoms with van der Waals surface area (Å²) in [6.45, 7) is 4.47. The molecular formula is C27H32FN7O2S. The second kappa shape index (κ2) is 9.87. The lowest BCUT2D eigenvalue weighted by Crippen LogP contribution is -2.51. The maximum absolute atomic E-state index is 13.5. The van der Waals surface area contributed by atoms with Crippen LogP contribution in [0.2, 0.25) is 0 Å². The molecule has 1 saturated carbocycles. The van der Waals surface area contributed by atoms with Crippen LogP contribution in [0.4, 0.5) is 4.39 Å². The Morgan fingerprint density at radius 1 is 1.03 bits per heavy atom. The van der Waals surface area contributed by atoms with E-state index in [2.05, 4.69) is 39.3 Å². The first kappa shape index (κ1) is 25.1. The molecule has 11 heteroatoms. The average molecular weight is 538 g/mol. The number of hydrogen-bond acceptors (Lipinski definition) is 6. The summed E-state index contributed by atoms with van der Waals surface area (Å²) in [5.74, 6) is 0.357. The van der Waals surface area contributed by atoms with Crippen molar-refractivity contribution in [2.45, 2.75) is 43.7 Å². The Kier molecular flexibility index (Phi) is 6.53. The van der Waals surface area contributed by atoms with Crippen LogP contribution in [-0.4, -0.2) is 68.6 Å². The second-order valence-electron chi connectivity index (χ2n) is 10.5. The Labute approximate surface area is 221 Å². The molecule has 0 unspecified atom stereocenters. The quantitative estimate of drug-likeness (QED) is 0.371. The summed E-state index contributed by atoms with van der Waals surface area (Å²) >= 11 is 0. The first-order chi connectivity index (χ1) is 18.3. The summed E-state index contributed by atoms with van der Waals surface area (Å²) in [6.07, 6.45) is 8.13. The van der Waals surface area contributed by atoms with Crippen molar-refractivity contribution in [3.63, 3.8) is 0 Å². The molecule has 1 aliphatic heterocycles. The highest BCUT2D eigenvalue weighted by atomic mass is 32.2. The molecule has 0 amide bonds.